The van der Waals surface area contributed by atoms with E-state index in [4.69, 9.17) is 0 Å². The summed E-state index contributed by atoms with van der Waals surface area (Å²) in [6, 6.07) is 8.10. The fourth-order valence-corrected chi connectivity index (χ4v) is 2.33. The van der Waals surface area contributed by atoms with Gasteiger partial charge in [-0.3, -0.25) is 9.59 Å². The third-order valence-corrected chi connectivity index (χ3v) is 3.64. The van der Waals surface area contributed by atoms with E-state index in [2.05, 4.69) is 15.6 Å². The van der Waals surface area contributed by atoms with E-state index in [1.807, 2.05) is 24.3 Å². The highest BCUT2D eigenvalue weighted by Gasteiger charge is 2.22. The molecule has 3 N–H and O–H groups in total. The third-order valence-electron chi connectivity index (χ3n) is 3.64. The van der Waals surface area contributed by atoms with Crippen LogP contribution in [-0.2, 0) is 4.79 Å². The van der Waals surface area contributed by atoms with Crippen molar-refractivity contribution < 1.29 is 9.59 Å². The van der Waals surface area contributed by atoms with Crippen LogP contribution < -0.4 is 10.6 Å². The van der Waals surface area contributed by atoms with Gasteiger partial charge < -0.3 is 15.6 Å². The lowest BCUT2D eigenvalue weighted by molar-refractivity contribution is -0.121. The Kier molecular flexibility index (Phi) is 3.90. The first-order valence-electron chi connectivity index (χ1n) is 7.38. The van der Waals surface area contributed by atoms with Gasteiger partial charge >= 0.3 is 0 Å². The standard InChI is InChI=1S/C16H19N3O2/c20-15(19-11-7-8-11)6-3-9-17-16(21)13-10-18-14-5-2-1-4-12(13)14/h1-2,4-5,10-11,18H,3,6-9H2,(H,17,21)(H,19,20). The van der Waals surface area contributed by atoms with Gasteiger partial charge in [-0.15, -0.1) is 0 Å². The number of hydrogen-bond donors (Lipinski definition) is 3. The Hall–Kier alpha value is -2.30. The molecule has 0 atom stereocenters. The molecule has 1 aliphatic carbocycles. The first-order chi connectivity index (χ1) is 10.2. The van der Waals surface area contributed by atoms with Crippen LogP contribution in [-0.4, -0.2) is 29.4 Å². The van der Waals surface area contributed by atoms with Crippen molar-refractivity contribution in [2.45, 2.75) is 31.7 Å². The Labute approximate surface area is 123 Å². The molecule has 0 unspecified atom stereocenters. The number of aromatic nitrogens is 1. The third kappa shape index (κ3) is 3.42. The number of benzene rings is 1. The Morgan fingerprint density at radius 2 is 2.05 bits per heavy atom. The topological polar surface area (TPSA) is 74.0 Å². The highest BCUT2D eigenvalue weighted by atomic mass is 16.2. The van der Waals surface area contributed by atoms with Crippen LogP contribution in [0, 0.1) is 0 Å². The average Bonchev–Trinajstić information content (AvgIpc) is 3.18. The molecular weight excluding hydrogens is 266 g/mol. The number of carbonyl (C=O) groups excluding carboxylic acids is 2. The summed E-state index contributed by atoms with van der Waals surface area (Å²) in [7, 11) is 0. The van der Waals surface area contributed by atoms with Crippen LogP contribution in [0.2, 0.25) is 0 Å². The number of carbonyl (C=O) groups is 2. The molecule has 5 heteroatoms. The predicted octanol–water partition coefficient (Wildman–Crippen LogP) is 1.96. The molecule has 21 heavy (non-hydrogen) atoms. The summed E-state index contributed by atoms with van der Waals surface area (Å²) >= 11 is 0. The van der Waals surface area contributed by atoms with Gasteiger partial charge in [0.05, 0.1) is 5.56 Å². The molecule has 2 amide bonds. The minimum Gasteiger partial charge on any atom is -0.360 e. The number of aromatic amines is 1. The van der Waals surface area contributed by atoms with Crippen molar-refractivity contribution in [3.8, 4) is 0 Å². The quantitative estimate of drug-likeness (QED) is 0.710. The molecule has 0 saturated heterocycles. The minimum absolute atomic E-state index is 0.0823. The van der Waals surface area contributed by atoms with E-state index in [1.54, 1.807) is 6.20 Å². The molecule has 110 valence electrons. The second kappa shape index (κ2) is 5.99. The maximum Gasteiger partial charge on any atom is 0.253 e. The fourth-order valence-electron chi connectivity index (χ4n) is 2.33. The van der Waals surface area contributed by atoms with Gasteiger partial charge in [0.2, 0.25) is 5.91 Å². The minimum atomic E-state index is -0.102. The van der Waals surface area contributed by atoms with Gasteiger partial charge in [-0.1, -0.05) is 18.2 Å². The number of amides is 2. The SMILES string of the molecule is O=C(CCCNC(=O)c1c[nH]c2ccccc12)NC1CC1. The summed E-state index contributed by atoms with van der Waals surface area (Å²) in [4.78, 5) is 26.7. The number of nitrogens with one attached hydrogen (secondary N) is 3. The normalized spacial score (nSPS) is 14.1. The fraction of sp³-hybridized carbons (Fsp3) is 0.375. The lowest BCUT2D eigenvalue weighted by Gasteiger charge is -2.05. The van der Waals surface area contributed by atoms with E-state index in [0.717, 1.165) is 23.7 Å². The zero-order valence-electron chi connectivity index (χ0n) is 11.8. The summed E-state index contributed by atoms with van der Waals surface area (Å²) in [5.74, 6) is -0.0195. The zero-order chi connectivity index (χ0) is 14.7. The number of rotatable bonds is 6. The van der Waals surface area contributed by atoms with Gasteiger partial charge in [-0.25, -0.2) is 0 Å². The summed E-state index contributed by atoms with van der Waals surface area (Å²) in [5, 5.41) is 6.72. The first-order valence-corrected chi connectivity index (χ1v) is 7.38. The van der Waals surface area contributed by atoms with Gasteiger partial charge in [0.1, 0.15) is 0 Å². The zero-order valence-corrected chi connectivity index (χ0v) is 11.8. The lowest BCUT2D eigenvalue weighted by Crippen LogP contribution is -2.28. The molecule has 1 heterocycles. The number of hydrogen-bond acceptors (Lipinski definition) is 2. The van der Waals surface area contributed by atoms with Gasteiger partial charge in [0.25, 0.3) is 5.91 Å². The smallest absolute Gasteiger partial charge is 0.253 e. The first kappa shape index (κ1) is 13.7. The van der Waals surface area contributed by atoms with Crippen molar-refractivity contribution in [3.05, 3.63) is 36.0 Å². The van der Waals surface area contributed by atoms with E-state index >= 15 is 0 Å². The summed E-state index contributed by atoms with van der Waals surface area (Å²) in [6.07, 6.45) is 5.04. The van der Waals surface area contributed by atoms with Gasteiger partial charge in [-0.2, -0.15) is 0 Å². The van der Waals surface area contributed by atoms with E-state index in [9.17, 15) is 9.59 Å². The molecular formula is C16H19N3O2. The van der Waals surface area contributed by atoms with E-state index < -0.39 is 0 Å². The van der Waals surface area contributed by atoms with E-state index in [1.165, 1.54) is 0 Å². The van der Waals surface area contributed by atoms with Crippen LogP contribution in [0.15, 0.2) is 30.5 Å². The van der Waals surface area contributed by atoms with E-state index in [-0.39, 0.29) is 11.8 Å². The molecule has 0 radical (unpaired) electrons. The largest absolute Gasteiger partial charge is 0.360 e. The molecule has 5 nitrogen and oxygen atoms in total. The summed E-state index contributed by atoms with van der Waals surface area (Å²) < 4.78 is 0. The van der Waals surface area contributed by atoms with Crippen LogP contribution >= 0.6 is 0 Å². The van der Waals surface area contributed by atoms with Crippen molar-refractivity contribution in [1.29, 1.82) is 0 Å². The highest BCUT2D eigenvalue weighted by molar-refractivity contribution is 6.06. The molecule has 2 aromatic rings. The van der Waals surface area contributed by atoms with Gasteiger partial charge in [0, 0.05) is 36.1 Å². The molecule has 1 fully saturated rings. The molecule has 0 aliphatic heterocycles. The summed E-state index contributed by atoms with van der Waals surface area (Å²) in [6.45, 7) is 0.510. The monoisotopic (exact) mass is 285 g/mol. The van der Waals surface area contributed by atoms with Crippen LogP contribution in [0.5, 0.6) is 0 Å². The Morgan fingerprint density at radius 3 is 2.86 bits per heavy atom. The highest BCUT2D eigenvalue weighted by Crippen LogP contribution is 2.19. The Balaban J connectivity index is 1.46. The molecule has 0 bridgehead atoms. The second-order valence-corrected chi connectivity index (χ2v) is 5.45. The van der Waals surface area contributed by atoms with Crippen molar-refractivity contribution in [2.75, 3.05) is 6.54 Å². The van der Waals surface area contributed by atoms with Gasteiger partial charge in [0.15, 0.2) is 0 Å². The maximum absolute atomic E-state index is 12.1. The Bertz CT molecular complexity index is 658. The van der Waals surface area contributed by atoms with Gasteiger partial charge in [-0.05, 0) is 25.3 Å². The molecule has 1 saturated carbocycles. The van der Waals surface area contributed by atoms with Crippen molar-refractivity contribution >= 4 is 22.7 Å². The van der Waals surface area contributed by atoms with E-state index in [0.29, 0.717) is 31.0 Å². The molecule has 1 aromatic carbocycles. The molecule has 1 aromatic heterocycles. The summed E-state index contributed by atoms with van der Waals surface area (Å²) in [5.41, 5.74) is 1.60. The van der Waals surface area contributed by atoms with Crippen molar-refractivity contribution in [2.24, 2.45) is 0 Å². The number of fused-ring (bicyclic) bond motifs is 1. The predicted molar refractivity (Wildman–Crippen MR) is 81.0 cm³/mol. The van der Waals surface area contributed by atoms with Crippen LogP contribution in [0.3, 0.4) is 0 Å². The second-order valence-electron chi connectivity index (χ2n) is 5.45. The van der Waals surface area contributed by atoms with Crippen molar-refractivity contribution in [1.82, 2.24) is 15.6 Å². The number of H-pyrrole nitrogens is 1. The lowest BCUT2D eigenvalue weighted by atomic mass is 10.1. The molecule has 0 spiro atoms. The van der Waals surface area contributed by atoms with Crippen LogP contribution in [0.25, 0.3) is 10.9 Å². The molecule has 1 aliphatic rings. The van der Waals surface area contributed by atoms with Crippen LogP contribution in [0.1, 0.15) is 36.0 Å². The molecule has 3 rings (SSSR count). The van der Waals surface area contributed by atoms with Crippen molar-refractivity contribution in [3.63, 3.8) is 0 Å². The van der Waals surface area contributed by atoms with Crippen LogP contribution in [0.4, 0.5) is 0 Å². The maximum atomic E-state index is 12.1. The Morgan fingerprint density at radius 1 is 1.24 bits per heavy atom. The number of para-hydroxylation sites is 1. The average molecular weight is 285 g/mol.